The van der Waals surface area contributed by atoms with Gasteiger partial charge in [0.05, 0.1) is 18.6 Å². The summed E-state index contributed by atoms with van der Waals surface area (Å²) in [7, 11) is -3.43. The van der Waals surface area contributed by atoms with Crippen molar-refractivity contribution in [2.75, 3.05) is 24.1 Å². The zero-order valence-corrected chi connectivity index (χ0v) is 17.0. The van der Waals surface area contributed by atoms with Gasteiger partial charge in [0.25, 0.3) is 5.91 Å². The number of esters is 1. The van der Waals surface area contributed by atoms with E-state index in [-0.39, 0.29) is 24.3 Å². The zero-order valence-electron chi connectivity index (χ0n) is 16.2. The van der Waals surface area contributed by atoms with Crippen molar-refractivity contribution in [1.82, 2.24) is 4.90 Å². The van der Waals surface area contributed by atoms with Crippen LogP contribution in [0.2, 0.25) is 0 Å². The monoisotopic (exact) mass is 396 g/mol. The van der Waals surface area contributed by atoms with Gasteiger partial charge >= 0.3 is 5.97 Å². The Kier molecular flexibility index (Phi) is 7.24. The first-order valence-corrected chi connectivity index (χ1v) is 11.2. The van der Waals surface area contributed by atoms with Crippen LogP contribution in [-0.2, 0) is 19.6 Å². The van der Waals surface area contributed by atoms with E-state index in [9.17, 15) is 18.0 Å². The van der Waals surface area contributed by atoms with Crippen LogP contribution in [0.25, 0.3) is 0 Å². The van der Waals surface area contributed by atoms with Crippen molar-refractivity contribution in [2.24, 2.45) is 0 Å². The first kappa shape index (κ1) is 21.2. The molecular weight excluding hydrogens is 368 g/mol. The van der Waals surface area contributed by atoms with Crippen molar-refractivity contribution in [1.29, 1.82) is 0 Å². The molecule has 0 saturated carbocycles. The number of hydrogen-bond acceptors (Lipinski definition) is 5. The van der Waals surface area contributed by atoms with Crippen LogP contribution in [0.15, 0.2) is 18.2 Å². The summed E-state index contributed by atoms with van der Waals surface area (Å²) in [4.78, 5) is 26.5. The molecule has 0 aliphatic carbocycles. The fraction of sp³-hybridized carbons (Fsp3) is 0.579. The van der Waals surface area contributed by atoms with Crippen LogP contribution >= 0.6 is 0 Å². The lowest BCUT2D eigenvalue weighted by Gasteiger charge is -2.36. The number of nitrogens with zero attached hydrogens (tertiary/aromatic N) is 1. The van der Waals surface area contributed by atoms with Crippen LogP contribution in [0, 0.1) is 6.92 Å². The van der Waals surface area contributed by atoms with Crippen molar-refractivity contribution < 1.29 is 22.7 Å². The average Bonchev–Trinajstić information content (AvgIpc) is 2.60. The Morgan fingerprint density at radius 1 is 1.30 bits per heavy atom. The number of rotatable bonds is 7. The third kappa shape index (κ3) is 6.23. The van der Waals surface area contributed by atoms with Crippen LogP contribution < -0.4 is 4.72 Å². The molecule has 1 atom stereocenters. The summed E-state index contributed by atoms with van der Waals surface area (Å²) in [6.45, 7) is 4.54. The number of carbonyl (C=O) groups is 2. The molecule has 0 radical (unpaired) electrons. The van der Waals surface area contributed by atoms with Crippen LogP contribution in [-0.4, -0.2) is 50.6 Å². The fourth-order valence-electron chi connectivity index (χ4n) is 3.32. The summed E-state index contributed by atoms with van der Waals surface area (Å²) in [6.07, 6.45) is 4.73. The van der Waals surface area contributed by atoms with Gasteiger partial charge in [0.2, 0.25) is 10.0 Å². The van der Waals surface area contributed by atoms with Gasteiger partial charge in [-0.15, -0.1) is 0 Å². The highest BCUT2D eigenvalue weighted by Crippen LogP contribution is 2.25. The third-order valence-corrected chi connectivity index (χ3v) is 5.25. The number of piperidine rings is 1. The first-order valence-electron chi connectivity index (χ1n) is 9.26. The summed E-state index contributed by atoms with van der Waals surface area (Å²) in [5.41, 5.74) is 1.59. The molecule has 1 aliphatic rings. The summed E-state index contributed by atoms with van der Waals surface area (Å²) in [5.74, 6) is -0.384. The Labute approximate surface area is 161 Å². The van der Waals surface area contributed by atoms with Gasteiger partial charge in [-0.25, -0.2) is 8.42 Å². The minimum absolute atomic E-state index is 0.0109. The molecule has 1 amide bonds. The molecule has 27 heavy (non-hydrogen) atoms. The summed E-state index contributed by atoms with van der Waals surface area (Å²) in [5, 5.41) is 0. The van der Waals surface area contributed by atoms with Gasteiger partial charge in [0, 0.05) is 24.6 Å². The minimum Gasteiger partial charge on any atom is -0.466 e. The summed E-state index contributed by atoms with van der Waals surface area (Å²) < 4.78 is 30.5. The Hall–Kier alpha value is -2.09. The smallest absolute Gasteiger partial charge is 0.305 e. The van der Waals surface area contributed by atoms with Crippen molar-refractivity contribution in [3.05, 3.63) is 29.3 Å². The van der Waals surface area contributed by atoms with E-state index in [4.69, 9.17) is 4.74 Å². The van der Waals surface area contributed by atoms with E-state index in [0.29, 0.717) is 30.8 Å². The van der Waals surface area contributed by atoms with E-state index in [1.54, 1.807) is 36.9 Å². The molecule has 7 nitrogen and oxygen atoms in total. The quantitative estimate of drug-likeness (QED) is 0.716. The minimum atomic E-state index is -3.43. The molecule has 0 aromatic heterocycles. The molecule has 0 spiro atoms. The second-order valence-electron chi connectivity index (χ2n) is 6.90. The van der Waals surface area contributed by atoms with E-state index in [1.807, 2.05) is 0 Å². The fourth-order valence-corrected chi connectivity index (χ4v) is 3.94. The molecule has 1 saturated heterocycles. The highest BCUT2D eigenvalue weighted by molar-refractivity contribution is 7.92. The molecule has 8 heteroatoms. The number of amides is 1. The second-order valence-corrected chi connectivity index (χ2v) is 8.64. The summed E-state index contributed by atoms with van der Waals surface area (Å²) >= 11 is 0. The number of nitrogens with one attached hydrogen (secondary N) is 1. The number of sulfonamides is 1. The molecular formula is C19H28N2O5S. The largest absolute Gasteiger partial charge is 0.466 e. The Balaban J connectivity index is 2.16. The molecule has 1 fully saturated rings. The van der Waals surface area contributed by atoms with Gasteiger partial charge in [-0.2, -0.15) is 0 Å². The number of hydrogen-bond donors (Lipinski definition) is 1. The van der Waals surface area contributed by atoms with Gasteiger partial charge in [-0.3, -0.25) is 14.3 Å². The van der Waals surface area contributed by atoms with Gasteiger partial charge in [-0.1, -0.05) is 6.07 Å². The molecule has 1 aromatic carbocycles. The Morgan fingerprint density at radius 3 is 2.70 bits per heavy atom. The van der Waals surface area contributed by atoms with Gasteiger partial charge in [0.15, 0.2) is 0 Å². The number of likely N-dealkylation sites (tertiary alicyclic amines) is 1. The van der Waals surface area contributed by atoms with Crippen molar-refractivity contribution in [3.8, 4) is 0 Å². The van der Waals surface area contributed by atoms with Crippen LogP contribution in [0.4, 0.5) is 5.69 Å². The lowest BCUT2D eigenvalue weighted by Crippen LogP contribution is -2.44. The molecule has 1 N–H and O–H groups in total. The normalized spacial score (nSPS) is 17.4. The lowest BCUT2D eigenvalue weighted by atomic mass is 9.96. The van der Waals surface area contributed by atoms with Crippen molar-refractivity contribution in [2.45, 2.75) is 52.0 Å². The molecule has 2 rings (SSSR count). The van der Waals surface area contributed by atoms with Crippen LogP contribution in [0.1, 0.15) is 54.9 Å². The Bertz CT molecular complexity index is 791. The number of carbonyl (C=O) groups excluding carboxylic acids is 2. The highest BCUT2D eigenvalue weighted by atomic mass is 32.2. The number of ether oxygens (including phenoxy) is 1. The SMILES string of the molecule is CCOC(=O)CC[C@@H]1CCCCN1C(=O)c1ccc(C)c(NS(C)(=O)=O)c1. The number of aryl methyl sites for hydroxylation is 1. The van der Waals surface area contributed by atoms with E-state index in [1.165, 1.54) is 0 Å². The van der Waals surface area contributed by atoms with E-state index in [0.717, 1.165) is 31.1 Å². The maximum atomic E-state index is 13.0. The maximum Gasteiger partial charge on any atom is 0.305 e. The van der Waals surface area contributed by atoms with Crippen LogP contribution in [0.3, 0.4) is 0 Å². The van der Waals surface area contributed by atoms with Gasteiger partial charge in [-0.05, 0) is 57.2 Å². The lowest BCUT2D eigenvalue weighted by molar-refractivity contribution is -0.143. The molecule has 0 unspecified atom stereocenters. The predicted molar refractivity (Wildman–Crippen MR) is 104 cm³/mol. The molecule has 1 heterocycles. The topological polar surface area (TPSA) is 92.8 Å². The zero-order chi connectivity index (χ0) is 20.0. The van der Waals surface area contributed by atoms with E-state index in [2.05, 4.69) is 4.72 Å². The highest BCUT2D eigenvalue weighted by Gasteiger charge is 2.28. The molecule has 1 aromatic rings. The maximum absolute atomic E-state index is 13.0. The van der Waals surface area contributed by atoms with Crippen LogP contribution in [0.5, 0.6) is 0 Å². The molecule has 150 valence electrons. The second kappa shape index (κ2) is 9.21. The standard InChI is InChI=1S/C19H28N2O5S/c1-4-26-18(22)11-10-16-7-5-6-12-21(16)19(23)15-9-8-14(2)17(13-15)20-27(3,24)25/h8-9,13,16,20H,4-7,10-12H2,1-3H3/t16-/m0/s1. The van der Waals surface area contributed by atoms with Crippen molar-refractivity contribution >= 4 is 27.6 Å². The third-order valence-electron chi connectivity index (χ3n) is 4.65. The first-order chi connectivity index (χ1) is 12.7. The molecule has 0 bridgehead atoms. The van der Waals surface area contributed by atoms with E-state index < -0.39 is 10.0 Å². The van der Waals surface area contributed by atoms with E-state index >= 15 is 0 Å². The summed E-state index contributed by atoms with van der Waals surface area (Å²) in [6, 6.07) is 5.01. The Morgan fingerprint density at radius 2 is 2.04 bits per heavy atom. The van der Waals surface area contributed by atoms with Gasteiger partial charge in [0.1, 0.15) is 0 Å². The average molecular weight is 397 g/mol. The molecule has 1 aliphatic heterocycles. The number of anilines is 1. The number of benzene rings is 1. The van der Waals surface area contributed by atoms with Crippen molar-refractivity contribution in [3.63, 3.8) is 0 Å². The van der Waals surface area contributed by atoms with Gasteiger partial charge < -0.3 is 9.64 Å². The predicted octanol–water partition coefficient (Wildman–Crippen LogP) is 2.70.